The van der Waals surface area contributed by atoms with Crippen molar-refractivity contribution in [3.8, 4) is 5.75 Å². The number of guanidine groups is 1. The molecule has 0 unspecified atom stereocenters. The van der Waals surface area contributed by atoms with Gasteiger partial charge in [0.15, 0.2) is 12.0 Å². The lowest BCUT2D eigenvalue weighted by Gasteiger charge is -2.30. The highest BCUT2D eigenvalue weighted by molar-refractivity contribution is 6.01. The maximum absolute atomic E-state index is 14.4. The first-order valence-corrected chi connectivity index (χ1v) is 36.8. The number of carboxylic acid groups (broad SMARTS) is 2. The number of imidazole rings is 1. The van der Waals surface area contributed by atoms with Crippen molar-refractivity contribution in [2.75, 3.05) is 19.8 Å². The molecule has 1 heterocycles. The molecular formula is C70H114N20O24. The fourth-order valence-electron chi connectivity index (χ4n) is 10.8. The van der Waals surface area contributed by atoms with Crippen molar-refractivity contribution in [1.29, 1.82) is 0 Å². The third-order valence-electron chi connectivity index (χ3n) is 17.5. The second-order valence-corrected chi connectivity index (χ2v) is 28.4. The molecule has 1 aromatic carbocycles. The van der Waals surface area contributed by atoms with Crippen LogP contribution in [0, 0.1) is 17.8 Å². The van der Waals surface area contributed by atoms with Crippen molar-refractivity contribution in [3.05, 3.63) is 48.0 Å². The summed E-state index contributed by atoms with van der Waals surface area (Å²) in [5.74, 6) is -20.3. The molecule has 0 bridgehead atoms. The number of aliphatic imine (C=N–C) groups is 1. The van der Waals surface area contributed by atoms with E-state index in [1.807, 2.05) is 0 Å². The third kappa shape index (κ3) is 34.4. The number of aromatic nitrogens is 2. The van der Waals surface area contributed by atoms with Crippen molar-refractivity contribution in [3.63, 3.8) is 0 Å². The molecule has 44 nitrogen and oxygen atoms in total. The van der Waals surface area contributed by atoms with E-state index in [-0.39, 0.29) is 69.1 Å². The topological polar surface area (TPSA) is 722 Å². The maximum atomic E-state index is 14.4. The van der Waals surface area contributed by atoms with Gasteiger partial charge in [-0.3, -0.25) is 76.9 Å². The van der Waals surface area contributed by atoms with Crippen LogP contribution in [0.15, 0.2) is 41.8 Å². The fraction of sp³-hybridized carbons (Fsp3) is 0.629. The van der Waals surface area contributed by atoms with Gasteiger partial charge in [-0.05, 0) is 109 Å². The van der Waals surface area contributed by atoms with Gasteiger partial charge in [0, 0.05) is 24.9 Å². The van der Waals surface area contributed by atoms with Gasteiger partial charge in [0.2, 0.25) is 82.7 Å². The summed E-state index contributed by atoms with van der Waals surface area (Å²) in [4.78, 5) is 227. The molecule has 0 saturated carbocycles. The number of carboxylic acids is 2. The highest BCUT2D eigenvalue weighted by atomic mass is 16.4. The molecule has 0 saturated heterocycles. The molecule has 1 aromatic heterocycles. The van der Waals surface area contributed by atoms with E-state index in [2.05, 4.69) is 89.4 Å². The van der Waals surface area contributed by atoms with E-state index >= 15 is 0 Å². The molecule has 0 aliphatic heterocycles. The molecule has 44 heteroatoms. The third-order valence-corrected chi connectivity index (χ3v) is 17.5. The number of phenols is 1. The SMILES string of the molecule is CC[C@H](C)[C@H](NC(=O)[C@H](CC(C)C)NC(=O)[C@H](Cc1cnc[nH]1)NC(=O)[C@H](C)NC(=O)[C@H](CC(C)C)NC(=O)[C@H](CC(=O)O)NC(=O)[C@H](CO)NC(=O)[C@H](CCCN=C(N)N)NC(=O)[C@H](C)NC(=O)[C@H](CO)NC(=O)[C@H](C)NC(=O)[C@@H](NC(=O)[C@@H](N)Cc1ccc(O)cc1)[C@@H](C)O)C(=O)N[C@H](C(=O)N[C@H](C(=O)O)[C@@H](C)O)[C@@H](C)O. The van der Waals surface area contributed by atoms with Gasteiger partial charge in [-0.15, -0.1) is 0 Å². The van der Waals surface area contributed by atoms with Gasteiger partial charge >= 0.3 is 11.9 Å². The summed E-state index contributed by atoms with van der Waals surface area (Å²) in [6, 6.07) is -18.8. The summed E-state index contributed by atoms with van der Waals surface area (Å²) >= 11 is 0. The Morgan fingerprint density at radius 1 is 0.447 bits per heavy atom. The van der Waals surface area contributed by atoms with E-state index in [1.54, 1.807) is 41.5 Å². The quantitative estimate of drug-likeness (QED) is 0.0166. The Hall–Kier alpha value is -11.2. The van der Waals surface area contributed by atoms with E-state index in [0.29, 0.717) is 11.3 Å². The van der Waals surface area contributed by atoms with Crippen molar-refractivity contribution in [1.82, 2.24) is 84.4 Å². The molecule has 29 N–H and O–H groups in total. The first-order valence-electron chi connectivity index (χ1n) is 36.8. The normalized spacial score (nSPS) is 16.2. The number of aliphatic hydroxyl groups excluding tert-OH is 5. The van der Waals surface area contributed by atoms with Crippen LogP contribution in [-0.4, -0.2) is 280 Å². The Kier molecular flexibility index (Phi) is 42.2. The lowest BCUT2D eigenvalue weighted by Crippen LogP contribution is -2.62. The Bertz CT molecular complexity index is 3620. The number of carbonyl (C=O) groups is 16. The molecule has 0 spiro atoms. The number of carbonyl (C=O) groups excluding carboxylic acids is 14. The lowest BCUT2D eigenvalue weighted by molar-refractivity contribution is -0.146. The summed E-state index contributed by atoms with van der Waals surface area (Å²) in [7, 11) is 0. The van der Waals surface area contributed by atoms with E-state index in [1.165, 1.54) is 50.6 Å². The number of nitrogens with zero attached hydrogens (tertiary/aromatic N) is 2. The second-order valence-electron chi connectivity index (χ2n) is 28.4. The standard InChI is InChI=1S/C70H114N20O24/c1-13-32(6)51(66(110)89-53(37(11)94)68(112)90-54(38(12)95)69(113)114)87-63(107)45(22-31(4)5)83-61(105)46(24-40-26-74-29-76-40)81-56(100)34(8)77-60(104)44(21-30(2)3)82-62(106)47(25-50(97)98)84-65(109)49(28-92)86-59(103)43(15-14-20-75-70(72)73)80-55(99)33(7)78-64(108)48(27-91)85-57(101)35(9)79-67(111)52(36(10)93)88-58(102)42(71)23-39-16-18-41(96)19-17-39/h16-19,26,29-38,42-49,51-54,91-96H,13-15,20-25,27-28,71H2,1-12H3,(H,74,76)(H,77,104)(H,78,108)(H,79,111)(H,80,99)(H,81,100)(H,82,106)(H,83,105)(H,84,109)(H,85,101)(H,86,103)(H,87,107)(H,88,102)(H,89,110)(H,90,112)(H,97,98)(H,113,114)(H4,72,73,75)/t32-,33-,34-,35-,36+,37+,38+,42-,43-,44-,45-,46-,47-,48-,49-,51-,52-,53-,54-/m0/s1. The predicted molar refractivity (Wildman–Crippen MR) is 404 cm³/mol. The maximum Gasteiger partial charge on any atom is 0.328 e. The number of aromatic hydroxyl groups is 1. The van der Waals surface area contributed by atoms with Crippen molar-refractivity contribution < 1.29 is 118 Å². The number of phenolic OH excluding ortho intramolecular Hbond substituents is 1. The van der Waals surface area contributed by atoms with E-state index < -0.39 is 235 Å². The van der Waals surface area contributed by atoms with Crippen molar-refractivity contribution in [2.24, 2.45) is 39.9 Å². The molecule has 0 fully saturated rings. The molecule has 2 rings (SSSR count). The number of aliphatic hydroxyl groups is 5. The monoisotopic (exact) mass is 1620 g/mol. The molecule has 638 valence electrons. The van der Waals surface area contributed by atoms with E-state index in [9.17, 15) is 118 Å². The van der Waals surface area contributed by atoms with Crippen molar-refractivity contribution >= 4 is 101 Å². The summed E-state index contributed by atoms with van der Waals surface area (Å²) < 4.78 is 0. The Morgan fingerprint density at radius 3 is 1.25 bits per heavy atom. The molecule has 2 aromatic rings. The van der Waals surface area contributed by atoms with E-state index in [4.69, 9.17) is 17.2 Å². The number of aliphatic carboxylic acids is 2. The first kappa shape index (κ1) is 98.9. The van der Waals surface area contributed by atoms with Gasteiger partial charge in [0.05, 0.1) is 50.3 Å². The second kappa shape index (κ2) is 48.6. The molecule has 0 aliphatic rings. The number of amides is 14. The molecular weight excluding hydrogens is 1500 g/mol. The molecule has 0 radical (unpaired) electrons. The first-order chi connectivity index (χ1) is 53.2. The van der Waals surface area contributed by atoms with Crippen LogP contribution in [0.4, 0.5) is 0 Å². The highest BCUT2D eigenvalue weighted by Gasteiger charge is 2.40. The largest absolute Gasteiger partial charge is 0.508 e. The van der Waals surface area contributed by atoms with Gasteiger partial charge in [0.25, 0.3) is 0 Å². The van der Waals surface area contributed by atoms with Crippen LogP contribution in [0.2, 0.25) is 0 Å². The number of aromatic amines is 1. The minimum absolute atomic E-state index is 0.0262. The fourth-order valence-corrected chi connectivity index (χ4v) is 10.8. The molecule has 14 amide bonds. The Balaban J connectivity index is 2.32. The van der Waals surface area contributed by atoms with Crippen molar-refractivity contribution in [2.45, 2.75) is 243 Å². The highest BCUT2D eigenvalue weighted by Crippen LogP contribution is 2.16. The van der Waals surface area contributed by atoms with Crippen LogP contribution < -0.4 is 91.6 Å². The summed E-state index contributed by atoms with van der Waals surface area (Å²) in [5.41, 5.74) is 17.8. The minimum atomic E-state index is -2.06. The van der Waals surface area contributed by atoms with Gasteiger partial charge in [-0.25, -0.2) is 9.78 Å². The van der Waals surface area contributed by atoms with Gasteiger partial charge in [0.1, 0.15) is 84.3 Å². The average molecular weight is 1620 g/mol. The van der Waals surface area contributed by atoms with Crippen LogP contribution in [0.3, 0.4) is 0 Å². The molecule has 0 aliphatic carbocycles. The average Bonchev–Trinajstić information content (AvgIpc) is 0.934. The number of hydrogen-bond acceptors (Lipinski definition) is 25. The summed E-state index contributed by atoms with van der Waals surface area (Å²) in [5, 5.41) is 113. The van der Waals surface area contributed by atoms with Crippen LogP contribution in [0.5, 0.6) is 5.75 Å². The summed E-state index contributed by atoms with van der Waals surface area (Å²) in [6.07, 6.45) is -3.99. The van der Waals surface area contributed by atoms with Gasteiger partial charge < -0.3 is 137 Å². The van der Waals surface area contributed by atoms with E-state index in [0.717, 1.165) is 27.7 Å². The van der Waals surface area contributed by atoms with Crippen LogP contribution in [-0.2, 0) is 89.6 Å². The Labute approximate surface area is 657 Å². The number of benzene rings is 1. The number of rotatable bonds is 50. The zero-order chi connectivity index (χ0) is 86.7. The molecule has 19 atom stereocenters. The zero-order valence-electron chi connectivity index (χ0n) is 65.6. The number of hydrogen-bond donors (Lipinski definition) is 26. The predicted octanol–water partition coefficient (Wildman–Crippen LogP) is -9.05. The number of nitrogens with two attached hydrogens (primary N) is 3. The smallest absolute Gasteiger partial charge is 0.328 e. The van der Waals surface area contributed by atoms with Crippen LogP contribution in [0.1, 0.15) is 133 Å². The summed E-state index contributed by atoms with van der Waals surface area (Å²) in [6.45, 7) is 14.4. The number of nitrogens with one attached hydrogen (secondary N) is 15. The number of H-pyrrole nitrogens is 1. The van der Waals surface area contributed by atoms with Gasteiger partial charge in [-0.1, -0.05) is 60.1 Å². The van der Waals surface area contributed by atoms with Crippen LogP contribution >= 0.6 is 0 Å². The zero-order valence-corrected chi connectivity index (χ0v) is 65.6. The van der Waals surface area contributed by atoms with Gasteiger partial charge in [-0.2, -0.15) is 0 Å². The minimum Gasteiger partial charge on any atom is -0.508 e. The lowest BCUT2D eigenvalue weighted by atomic mass is 9.96. The van der Waals surface area contributed by atoms with Crippen LogP contribution in [0.25, 0.3) is 0 Å². The molecule has 114 heavy (non-hydrogen) atoms. The Morgan fingerprint density at radius 2 is 0.816 bits per heavy atom.